The van der Waals surface area contributed by atoms with Crippen molar-refractivity contribution in [1.82, 2.24) is 4.98 Å². The summed E-state index contributed by atoms with van der Waals surface area (Å²) in [4.78, 5) is 4.07. The molecule has 4 heteroatoms. The monoisotopic (exact) mass is 285 g/mol. The standard InChI is InChI=1S/C12H16BrNO2/c13-11-6-10(7-14-8-11)12(15)5-9-1-3-16-4-2-9/h6-9,12,15H,1-5H2. The van der Waals surface area contributed by atoms with Crippen LogP contribution in [0, 0.1) is 5.92 Å². The Hall–Kier alpha value is -0.450. The minimum Gasteiger partial charge on any atom is -0.388 e. The zero-order valence-corrected chi connectivity index (χ0v) is 10.7. The highest BCUT2D eigenvalue weighted by Gasteiger charge is 2.19. The first-order valence-corrected chi connectivity index (χ1v) is 6.41. The number of hydrogen-bond acceptors (Lipinski definition) is 3. The molecule has 1 saturated heterocycles. The summed E-state index contributed by atoms with van der Waals surface area (Å²) in [7, 11) is 0. The van der Waals surface area contributed by atoms with Crippen LogP contribution in [0.3, 0.4) is 0 Å². The zero-order chi connectivity index (χ0) is 11.4. The quantitative estimate of drug-likeness (QED) is 0.929. The predicted molar refractivity (Wildman–Crippen MR) is 65.1 cm³/mol. The molecule has 1 aromatic heterocycles. The van der Waals surface area contributed by atoms with Crippen LogP contribution < -0.4 is 0 Å². The van der Waals surface area contributed by atoms with Crippen LogP contribution in [0.2, 0.25) is 0 Å². The van der Waals surface area contributed by atoms with E-state index in [4.69, 9.17) is 4.74 Å². The van der Waals surface area contributed by atoms with Crippen LogP contribution >= 0.6 is 15.9 Å². The van der Waals surface area contributed by atoms with Crippen molar-refractivity contribution in [2.24, 2.45) is 5.92 Å². The topological polar surface area (TPSA) is 42.4 Å². The number of nitrogens with zero attached hydrogens (tertiary/aromatic N) is 1. The Labute approximate surface area is 104 Å². The second-order valence-electron chi connectivity index (χ2n) is 4.24. The van der Waals surface area contributed by atoms with Crippen molar-refractivity contribution in [1.29, 1.82) is 0 Å². The van der Waals surface area contributed by atoms with Crippen molar-refractivity contribution < 1.29 is 9.84 Å². The van der Waals surface area contributed by atoms with Gasteiger partial charge in [-0.15, -0.1) is 0 Å². The Morgan fingerprint density at radius 1 is 1.44 bits per heavy atom. The van der Waals surface area contributed by atoms with Gasteiger partial charge in [0, 0.05) is 30.1 Å². The Balaban J connectivity index is 1.94. The highest BCUT2D eigenvalue weighted by Crippen LogP contribution is 2.28. The Kier molecular flexibility index (Phi) is 4.32. The van der Waals surface area contributed by atoms with E-state index in [-0.39, 0.29) is 0 Å². The maximum absolute atomic E-state index is 10.1. The minimum absolute atomic E-state index is 0.409. The van der Waals surface area contributed by atoms with Crippen molar-refractivity contribution in [2.45, 2.75) is 25.4 Å². The van der Waals surface area contributed by atoms with Gasteiger partial charge in [-0.2, -0.15) is 0 Å². The van der Waals surface area contributed by atoms with E-state index < -0.39 is 6.10 Å². The summed E-state index contributed by atoms with van der Waals surface area (Å²) in [5, 5.41) is 10.1. The molecule has 0 spiro atoms. The number of aliphatic hydroxyl groups is 1. The van der Waals surface area contributed by atoms with E-state index in [2.05, 4.69) is 20.9 Å². The van der Waals surface area contributed by atoms with E-state index in [1.54, 1.807) is 12.4 Å². The van der Waals surface area contributed by atoms with Gasteiger partial charge in [0.1, 0.15) is 0 Å². The summed E-state index contributed by atoms with van der Waals surface area (Å²) >= 11 is 3.36. The molecule has 1 aliphatic rings. The molecule has 0 bridgehead atoms. The molecule has 3 nitrogen and oxygen atoms in total. The van der Waals surface area contributed by atoms with Crippen molar-refractivity contribution in [2.75, 3.05) is 13.2 Å². The number of ether oxygens (including phenoxy) is 1. The molecule has 1 aromatic rings. The third-order valence-electron chi connectivity index (χ3n) is 3.01. The van der Waals surface area contributed by atoms with E-state index in [0.29, 0.717) is 5.92 Å². The van der Waals surface area contributed by atoms with Gasteiger partial charge >= 0.3 is 0 Å². The molecule has 1 aliphatic heterocycles. The van der Waals surface area contributed by atoms with Crippen LogP contribution in [-0.2, 0) is 4.74 Å². The van der Waals surface area contributed by atoms with Gasteiger partial charge in [-0.05, 0) is 52.7 Å². The van der Waals surface area contributed by atoms with E-state index in [1.165, 1.54) is 0 Å². The molecule has 2 heterocycles. The van der Waals surface area contributed by atoms with Crippen molar-refractivity contribution in [3.63, 3.8) is 0 Å². The van der Waals surface area contributed by atoms with E-state index in [0.717, 1.165) is 42.5 Å². The molecule has 1 atom stereocenters. The highest BCUT2D eigenvalue weighted by atomic mass is 79.9. The van der Waals surface area contributed by atoms with E-state index >= 15 is 0 Å². The first kappa shape index (κ1) is 12.0. The molecule has 0 saturated carbocycles. The summed E-state index contributed by atoms with van der Waals surface area (Å²) < 4.78 is 6.22. The van der Waals surface area contributed by atoms with Crippen LogP contribution in [-0.4, -0.2) is 23.3 Å². The van der Waals surface area contributed by atoms with Crippen LogP contribution in [0.15, 0.2) is 22.9 Å². The summed E-state index contributed by atoms with van der Waals surface area (Å²) in [5.41, 5.74) is 0.890. The van der Waals surface area contributed by atoms with Crippen molar-refractivity contribution in [3.8, 4) is 0 Å². The molecule has 0 aliphatic carbocycles. The lowest BCUT2D eigenvalue weighted by Crippen LogP contribution is -2.18. The number of rotatable bonds is 3. The van der Waals surface area contributed by atoms with Crippen LogP contribution in [0.1, 0.15) is 30.9 Å². The van der Waals surface area contributed by atoms with E-state index in [1.807, 2.05) is 6.07 Å². The largest absolute Gasteiger partial charge is 0.388 e. The molecular weight excluding hydrogens is 270 g/mol. The molecule has 0 radical (unpaired) electrons. The zero-order valence-electron chi connectivity index (χ0n) is 9.10. The number of pyridine rings is 1. The number of aromatic nitrogens is 1. The molecule has 1 N–H and O–H groups in total. The summed E-state index contributed by atoms with van der Waals surface area (Å²) in [6.07, 6.45) is 5.96. The molecule has 2 rings (SSSR count). The second-order valence-corrected chi connectivity index (χ2v) is 5.16. The van der Waals surface area contributed by atoms with Gasteiger partial charge in [-0.25, -0.2) is 0 Å². The minimum atomic E-state index is -0.409. The molecule has 1 unspecified atom stereocenters. The summed E-state index contributed by atoms with van der Waals surface area (Å²) in [6, 6.07) is 1.93. The lowest BCUT2D eigenvalue weighted by atomic mass is 9.91. The van der Waals surface area contributed by atoms with Gasteiger partial charge in [-0.3, -0.25) is 4.98 Å². The molecule has 16 heavy (non-hydrogen) atoms. The van der Waals surface area contributed by atoms with Gasteiger partial charge in [-0.1, -0.05) is 0 Å². The molecular formula is C12H16BrNO2. The molecule has 88 valence electrons. The van der Waals surface area contributed by atoms with Crippen molar-refractivity contribution >= 4 is 15.9 Å². The van der Waals surface area contributed by atoms with Gasteiger partial charge in [0.25, 0.3) is 0 Å². The average Bonchev–Trinajstić information content (AvgIpc) is 2.30. The molecule has 0 aromatic carbocycles. The third-order valence-corrected chi connectivity index (χ3v) is 3.44. The fraction of sp³-hybridized carbons (Fsp3) is 0.583. The van der Waals surface area contributed by atoms with Crippen LogP contribution in [0.4, 0.5) is 0 Å². The van der Waals surface area contributed by atoms with Gasteiger partial charge in [0.05, 0.1) is 6.10 Å². The maximum atomic E-state index is 10.1. The van der Waals surface area contributed by atoms with Crippen LogP contribution in [0.5, 0.6) is 0 Å². The predicted octanol–water partition coefficient (Wildman–Crippen LogP) is 2.69. The smallest absolute Gasteiger partial charge is 0.0808 e. The molecule has 0 amide bonds. The van der Waals surface area contributed by atoms with Gasteiger partial charge < -0.3 is 9.84 Å². The number of hydrogen-bond donors (Lipinski definition) is 1. The first-order valence-electron chi connectivity index (χ1n) is 5.62. The van der Waals surface area contributed by atoms with Gasteiger partial charge in [0.2, 0.25) is 0 Å². The van der Waals surface area contributed by atoms with Gasteiger partial charge in [0.15, 0.2) is 0 Å². The van der Waals surface area contributed by atoms with Crippen molar-refractivity contribution in [3.05, 3.63) is 28.5 Å². The Morgan fingerprint density at radius 3 is 2.88 bits per heavy atom. The first-order chi connectivity index (χ1) is 7.75. The van der Waals surface area contributed by atoms with Crippen LogP contribution in [0.25, 0.3) is 0 Å². The fourth-order valence-electron chi connectivity index (χ4n) is 2.04. The second kappa shape index (κ2) is 5.75. The summed E-state index contributed by atoms with van der Waals surface area (Å²) in [6.45, 7) is 1.66. The Morgan fingerprint density at radius 2 is 2.19 bits per heavy atom. The summed E-state index contributed by atoms with van der Waals surface area (Å²) in [5.74, 6) is 0.572. The lowest BCUT2D eigenvalue weighted by molar-refractivity contribution is 0.0434. The fourth-order valence-corrected chi connectivity index (χ4v) is 2.43. The number of aliphatic hydroxyl groups excluding tert-OH is 1. The SMILES string of the molecule is OC(CC1CCOCC1)c1cncc(Br)c1. The normalized spacial score (nSPS) is 19.6. The third kappa shape index (κ3) is 3.27. The average molecular weight is 286 g/mol. The lowest BCUT2D eigenvalue weighted by Gasteiger charge is -2.24. The molecule has 1 fully saturated rings. The number of halogens is 1. The van der Waals surface area contributed by atoms with E-state index in [9.17, 15) is 5.11 Å². The maximum Gasteiger partial charge on any atom is 0.0808 e. The Bertz CT molecular complexity index is 340. The highest BCUT2D eigenvalue weighted by molar-refractivity contribution is 9.10.